The highest BCUT2D eigenvalue weighted by atomic mass is 35.5. The van der Waals surface area contributed by atoms with Crippen LogP contribution in [0.1, 0.15) is 41.0 Å². The molecule has 1 aliphatic heterocycles. The van der Waals surface area contributed by atoms with E-state index in [1.165, 1.54) is 18.2 Å². The summed E-state index contributed by atoms with van der Waals surface area (Å²) in [5.41, 5.74) is -0.220. The maximum Gasteiger partial charge on any atom is 0.329 e. The molecule has 1 atom stereocenters. The number of halogens is 6. The van der Waals surface area contributed by atoms with Crippen LogP contribution in [0.4, 0.5) is 5.69 Å². The number of anilines is 1. The molecule has 13 heteroatoms. The van der Waals surface area contributed by atoms with Crippen LogP contribution >= 0.6 is 69.6 Å². The molecule has 3 amide bonds. The van der Waals surface area contributed by atoms with Gasteiger partial charge < -0.3 is 10.1 Å². The fourth-order valence-electron chi connectivity index (χ4n) is 3.46. The molecule has 0 bridgehead atoms. The van der Waals surface area contributed by atoms with Crippen molar-refractivity contribution >= 4 is 99.0 Å². The van der Waals surface area contributed by atoms with E-state index < -0.39 is 36.3 Å². The van der Waals surface area contributed by atoms with Gasteiger partial charge in [0.1, 0.15) is 6.04 Å². The summed E-state index contributed by atoms with van der Waals surface area (Å²) in [6.45, 7) is 2.86. The number of imide groups is 1. The van der Waals surface area contributed by atoms with Crippen molar-refractivity contribution in [3.63, 3.8) is 0 Å². The van der Waals surface area contributed by atoms with Gasteiger partial charge in [-0.15, -0.1) is 0 Å². The third-order valence-corrected chi connectivity index (χ3v) is 7.14. The number of rotatable bonds is 7. The second-order valence-corrected chi connectivity index (χ2v) is 10.3. The molecule has 1 aliphatic rings. The highest BCUT2D eigenvalue weighted by Crippen LogP contribution is 2.45. The number of hydrogen-bond donors (Lipinski definition) is 1. The van der Waals surface area contributed by atoms with E-state index in [9.17, 15) is 19.2 Å². The molecule has 0 aliphatic carbocycles. The smallest absolute Gasteiger partial charge is 0.329 e. The lowest BCUT2D eigenvalue weighted by atomic mass is 10.0. The van der Waals surface area contributed by atoms with Crippen LogP contribution < -0.4 is 5.32 Å². The predicted molar refractivity (Wildman–Crippen MR) is 136 cm³/mol. The van der Waals surface area contributed by atoms with Crippen molar-refractivity contribution in [1.82, 2.24) is 4.90 Å². The van der Waals surface area contributed by atoms with Gasteiger partial charge in [0.2, 0.25) is 0 Å². The Labute approximate surface area is 230 Å². The highest BCUT2D eigenvalue weighted by Gasteiger charge is 2.47. The average Bonchev–Trinajstić information content (AvgIpc) is 3.02. The van der Waals surface area contributed by atoms with Gasteiger partial charge in [0.05, 0.1) is 31.2 Å². The van der Waals surface area contributed by atoms with Crippen LogP contribution in [0.2, 0.25) is 30.1 Å². The fourth-order valence-corrected chi connectivity index (χ4v) is 5.00. The van der Waals surface area contributed by atoms with Gasteiger partial charge in [-0.25, -0.2) is 4.79 Å². The van der Waals surface area contributed by atoms with Crippen LogP contribution in [-0.4, -0.2) is 41.2 Å². The summed E-state index contributed by atoms with van der Waals surface area (Å²) in [4.78, 5) is 52.3. The number of nitrogens with zero attached hydrogens (tertiary/aromatic N) is 1. The number of hydrogen-bond acceptors (Lipinski definition) is 5. The Bertz CT molecular complexity index is 1180. The van der Waals surface area contributed by atoms with Crippen LogP contribution in [0.3, 0.4) is 0 Å². The second-order valence-electron chi connectivity index (χ2n) is 7.95. The van der Waals surface area contributed by atoms with Crippen LogP contribution in [-0.2, 0) is 14.3 Å². The summed E-state index contributed by atoms with van der Waals surface area (Å²) in [5.74, 6) is -3.56. The monoisotopic (exact) mass is 598 g/mol. The van der Waals surface area contributed by atoms with Gasteiger partial charge in [-0.3, -0.25) is 19.3 Å². The van der Waals surface area contributed by atoms with Crippen LogP contribution in [0.25, 0.3) is 0 Å². The highest BCUT2D eigenvalue weighted by molar-refractivity contribution is 6.55. The molecule has 186 valence electrons. The first kappa shape index (κ1) is 27.8. The van der Waals surface area contributed by atoms with E-state index >= 15 is 0 Å². The molecular weight excluding hydrogens is 585 g/mol. The summed E-state index contributed by atoms with van der Waals surface area (Å²) < 4.78 is 5.13. The quantitative estimate of drug-likeness (QED) is 0.163. The van der Waals surface area contributed by atoms with E-state index in [1.807, 2.05) is 0 Å². The van der Waals surface area contributed by atoms with Crippen LogP contribution in [0.5, 0.6) is 0 Å². The molecule has 0 saturated carbocycles. The Morgan fingerprint density at radius 3 is 1.80 bits per heavy atom. The van der Waals surface area contributed by atoms with Gasteiger partial charge in [0.25, 0.3) is 17.7 Å². The lowest BCUT2D eigenvalue weighted by molar-refractivity contribution is -0.151. The predicted octanol–water partition coefficient (Wildman–Crippen LogP) is 6.80. The molecule has 0 saturated heterocycles. The SMILES string of the molecule is CC(C)C[C@H](C(=O)OCC(=O)Nc1cc(Cl)cc(Cl)c1)N1C(=O)c2c(Cl)c(Cl)c(Cl)c(Cl)c2C1=O. The minimum Gasteiger partial charge on any atom is -0.454 e. The molecule has 2 aromatic rings. The van der Waals surface area contributed by atoms with Gasteiger partial charge in [-0.2, -0.15) is 0 Å². The van der Waals surface area contributed by atoms with Gasteiger partial charge >= 0.3 is 5.97 Å². The largest absolute Gasteiger partial charge is 0.454 e. The number of nitrogens with one attached hydrogen (secondary N) is 1. The Morgan fingerprint density at radius 2 is 1.34 bits per heavy atom. The maximum absolute atomic E-state index is 13.2. The molecule has 2 aromatic carbocycles. The number of carbonyl (C=O) groups is 4. The third kappa shape index (κ3) is 5.82. The fraction of sp³-hybridized carbons (Fsp3) is 0.273. The van der Waals surface area contributed by atoms with Crippen molar-refractivity contribution in [2.45, 2.75) is 26.3 Å². The zero-order valence-corrected chi connectivity index (χ0v) is 22.6. The topological polar surface area (TPSA) is 92.8 Å². The normalized spacial score (nSPS) is 13.8. The Kier molecular flexibility index (Phi) is 8.84. The molecule has 0 spiro atoms. The summed E-state index contributed by atoms with van der Waals surface area (Å²) in [7, 11) is 0. The summed E-state index contributed by atoms with van der Waals surface area (Å²) in [6.07, 6.45) is 0.0481. The first-order chi connectivity index (χ1) is 16.3. The van der Waals surface area contributed by atoms with E-state index in [1.54, 1.807) is 13.8 Å². The van der Waals surface area contributed by atoms with Crippen LogP contribution in [0, 0.1) is 5.92 Å². The van der Waals surface area contributed by atoms with Crippen LogP contribution in [0.15, 0.2) is 18.2 Å². The molecule has 7 nitrogen and oxygen atoms in total. The molecule has 3 rings (SSSR count). The number of benzene rings is 2. The summed E-state index contributed by atoms with van der Waals surface area (Å²) in [5, 5.41) is 2.18. The summed E-state index contributed by atoms with van der Waals surface area (Å²) >= 11 is 36.2. The Morgan fingerprint density at radius 1 is 0.857 bits per heavy atom. The maximum atomic E-state index is 13.2. The van der Waals surface area contributed by atoms with E-state index in [4.69, 9.17) is 74.3 Å². The molecular formula is C22H16Cl6N2O5. The minimum atomic E-state index is -1.36. The van der Waals surface area contributed by atoms with E-state index in [-0.39, 0.29) is 43.6 Å². The number of ether oxygens (including phenoxy) is 1. The van der Waals surface area contributed by atoms with Crippen molar-refractivity contribution in [3.8, 4) is 0 Å². The first-order valence-electron chi connectivity index (χ1n) is 9.99. The standard InChI is InChI=1S/C22H16Cl6N2O5/c1-8(2)3-12(22(34)35-7-13(31)29-11-5-9(23)4-10(24)6-11)30-20(32)14-15(21(30)33)17(26)19(28)18(27)16(14)25/h4-6,8,12H,3,7H2,1-2H3,(H,29,31)/t12-/m1/s1. The van der Waals surface area contributed by atoms with E-state index in [0.717, 1.165) is 0 Å². The molecule has 35 heavy (non-hydrogen) atoms. The lowest BCUT2D eigenvalue weighted by Gasteiger charge is -2.26. The number of carbonyl (C=O) groups excluding carboxylic acids is 4. The summed E-state index contributed by atoms with van der Waals surface area (Å²) in [6, 6.07) is 3.03. The number of esters is 1. The number of amides is 3. The van der Waals surface area contributed by atoms with Gasteiger partial charge in [0.15, 0.2) is 6.61 Å². The zero-order valence-electron chi connectivity index (χ0n) is 18.1. The first-order valence-corrected chi connectivity index (χ1v) is 12.3. The molecule has 0 aromatic heterocycles. The average molecular weight is 601 g/mol. The third-order valence-electron chi connectivity index (χ3n) is 4.90. The van der Waals surface area contributed by atoms with Gasteiger partial charge in [0, 0.05) is 15.7 Å². The van der Waals surface area contributed by atoms with Crippen molar-refractivity contribution in [2.75, 3.05) is 11.9 Å². The molecule has 1 heterocycles. The van der Waals surface area contributed by atoms with E-state index in [2.05, 4.69) is 5.32 Å². The Hall–Kier alpha value is -1.74. The van der Waals surface area contributed by atoms with Crippen molar-refractivity contribution in [2.24, 2.45) is 5.92 Å². The molecule has 1 N–H and O–H groups in total. The molecule has 0 unspecified atom stereocenters. The second kappa shape index (κ2) is 11.1. The lowest BCUT2D eigenvalue weighted by Crippen LogP contribution is -2.47. The van der Waals surface area contributed by atoms with Crippen molar-refractivity contribution in [1.29, 1.82) is 0 Å². The van der Waals surface area contributed by atoms with E-state index in [0.29, 0.717) is 20.6 Å². The van der Waals surface area contributed by atoms with Gasteiger partial charge in [-0.05, 0) is 30.5 Å². The van der Waals surface area contributed by atoms with Gasteiger partial charge in [-0.1, -0.05) is 83.5 Å². The zero-order chi connectivity index (χ0) is 26.2. The molecule has 0 fully saturated rings. The van der Waals surface area contributed by atoms with Crippen molar-refractivity contribution in [3.05, 3.63) is 59.5 Å². The molecule has 0 radical (unpaired) electrons. The minimum absolute atomic E-state index is 0.0481. The number of fused-ring (bicyclic) bond motifs is 1. The van der Waals surface area contributed by atoms with Crippen molar-refractivity contribution < 1.29 is 23.9 Å². The Balaban J connectivity index is 1.82.